The van der Waals surface area contributed by atoms with Gasteiger partial charge in [-0.3, -0.25) is 4.79 Å². The second-order valence-electron chi connectivity index (χ2n) is 7.72. The molecule has 4 aromatic rings. The van der Waals surface area contributed by atoms with Gasteiger partial charge in [0.25, 0.3) is 5.91 Å². The number of carbonyl (C=O) groups excluding carboxylic acids is 1. The van der Waals surface area contributed by atoms with Crippen LogP contribution >= 0.6 is 11.3 Å². The van der Waals surface area contributed by atoms with Crippen LogP contribution in [0.5, 0.6) is 0 Å². The highest BCUT2D eigenvalue weighted by Gasteiger charge is 2.20. The van der Waals surface area contributed by atoms with Crippen molar-refractivity contribution in [3.63, 3.8) is 0 Å². The van der Waals surface area contributed by atoms with Crippen molar-refractivity contribution in [2.75, 3.05) is 11.1 Å². The molecule has 0 bridgehead atoms. The maximum atomic E-state index is 13.0. The number of amides is 1. The Hall–Kier alpha value is -2.92. The molecule has 0 saturated heterocycles. The van der Waals surface area contributed by atoms with Crippen LogP contribution in [0.2, 0.25) is 0 Å². The van der Waals surface area contributed by atoms with Crippen LogP contribution in [0.15, 0.2) is 48.5 Å². The lowest BCUT2D eigenvalue weighted by Crippen LogP contribution is -2.11. The number of nitrogens with two attached hydrogens (primary N) is 1. The van der Waals surface area contributed by atoms with Crippen molar-refractivity contribution >= 4 is 49.6 Å². The number of anilines is 2. The third kappa shape index (κ3) is 3.47. The molecule has 3 N–H and O–H groups in total. The molecule has 0 atom stereocenters. The van der Waals surface area contributed by atoms with Gasteiger partial charge < -0.3 is 11.1 Å². The predicted octanol–water partition coefficient (Wildman–Crippen LogP) is 5.94. The number of carbonyl (C=O) groups is 1. The quantitative estimate of drug-likeness (QED) is 0.436. The molecule has 0 spiro atoms. The number of hydrogen-bond donors (Lipinski definition) is 2. The number of aromatic nitrogens is 1. The summed E-state index contributed by atoms with van der Waals surface area (Å²) in [6.45, 7) is 0. The molecule has 4 nitrogen and oxygen atoms in total. The topological polar surface area (TPSA) is 68.0 Å². The van der Waals surface area contributed by atoms with Crippen LogP contribution in [0.1, 0.15) is 46.6 Å². The third-order valence-corrected chi connectivity index (χ3v) is 6.83. The lowest BCUT2D eigenvalue weighted by molar-refractivity contribution is 0.103. The summed E-state index contributed by atoms with van der Waals surface area (Å²) in [7, 11) is 0. The first-order valence-electron chi connectivity index (χ1n) is 10.2. The molecule has 1 amide bonds. The molecule has 1 aliphatic carbocycles. The van der Waals surface area contributed by atoms with Gasteiger partial charge in [0, 0.05) is 16.8 Å². The van der Waals surface area contributed by atoms with Gasteiger partial charge in [0.05, 0.1) is 5.69 Å². The normalized spacial score (nSPS) is 14.3. The van der Waals surface area contributed by atoms with Gasteiger partial charge in [0.1, 0.15) is 9.71 Å². The van der Waals surface area contributed by atoms with E-state index in [0.29, 0.717) is 10.6 Å². The van der Waals surface area contributed by atoms with Crippen molar-refractivity contribution in [1.82, 2.24) is 4.98 Å². The van der Waals surface area contributed by atoms with E-state index in [9.17, 15) is 4.79 Å². The van der Waals surface area contributed by atoms with Crippen LogP contribution < -0.4 is 11.1 Å². The Labute approximate surface area is 173 Å². The lowest BCUT2D eigenvalue weighted by Gasteiger charge is -2.12. The second-order valence-corrected chi connectivity index (χ2v) is 8.72. The van der Waals surface area contributed by atoms with Gasteiger partial charge in [0.2, 0.25) is 0 Å². The predicted molar refractivity (Wildman–Crippen MR) is 122 cm³/mol. The number of fused-ring (bicyclic) bond motifs is 3. The van der Waals surface area contributed by atoms with E-state index in [1.54, 1.807) is 0 Å². The number of hydrogen-bond acceptors (Lipinski definition) is 4. The number of benzene rings is 2. The fourth-order valence-corrected chi connectivity index (χ4v) is 5.13. The van der Waals surface area contributed by atoms with Crippen LogP contribution in [0.4, 0.5) is 11.4 Å². The Kier molecular flexibility index (Phi) is 4.68. The van der Waals surface area contributed by atoms with Gasteiger partial charge in [-0.25, -0.2) is 4.98 Å². The van der Waals surface area contributed by atoms with Crippen molar-refractivity contribution in [3.8, 4) is 0 Å². The first-order valence-corrected chi connectivity index (χ1v) is 11.0. The summed E-state index contributed by atoms with van der Waals surface area (Å²) >= 11 is 1.39. The molecule has 2 aromatic heterocycles. The summed E-state index contributed by atoms with van der Waals surface area (Å²) in [5.41, 5.74) is 10.2. The van der Waals surface area contributed by atoms with Crippen LogP contribution in [-0.4, -0.2) is 10.9 Å². The highest BCUT2D eigenvalue weighted by atomic mass is 32.1. The fraction of sp³-hybridized carbons (Fsp3) is 0.250. The van der Waals surface area contributed by atoms with Crippen molar-refractivity contribution in [2.45, 2.75) is 38.5 Å². The van der Waals surface area contributed by atoms with Crippen molar-refractivity contribution in [1.29, 1.82) is 0 Å². The van der Waals surface area contributed by atoms with Crippen LogP contribution in [0, 0.1) is 0 Å². The molecular formula is C24H23N3OS. The van der Waals surface area contributed by atoms with Crippen molar-refractivity contribution < 1.29 is 4.79 Å². The molecular weight excluding hydrogens is 378 g/mol. The molecule has 0 fully saturated rings. The van der Waals surface area contributed by atoms with E-state index in [2.05, 4.69) is 17.4 Å². The first-order chi connectivity index (χ1) is 14.2. The Morgan fingerprint density at radius 1 is 0.966 bits per heavy atom. The maximum Gasteiger partial charge on any atom is 0.267 e. The van der Waals surface area contributed by atoms with E-state index in [1.165, 1.54) is 48.3 Å². The molecule has 5 rings (SSSR count). The molecule has 0 radical (unpaired) electrons. The molecule has 1 aliphatic rings. The van der Waals surface area contributed by atoms with Crippen molar-refractivity contribution in [2.24, 2.45) is 0 Å². The van der Waals surface area contributed by atoms with E-state index in [0.717, 1.165) is 39.5 Å². The van der Waals surface area contributed by atoms with Gasteiger partial charge in [0.15, 0.2) is 0 Å². The minimum Gasteiger partial charge on any atom is -0.397 e. The van der Waals surface area contributed by atoms with Gasteiger partial charge in [-0.1, -0.05) is 43.2 Å². The monoisotopic (exact) mass is 401 g/mol. The van der Waals surface area contributed by atoms with Gasteiger partial charge >= 0.3 is 0 Å². The van der Waals surface area contributed by atoms with Crippen LogP contribution in [0.25, 0.3) is 21.0 Å². The molecule has 0 aliphatic heterocycles. The van der Waals surface area contributed by atoms with E-state index >= 15 is 0 Å². The summed E-state index contributed by atoms with van der Waals surface area (Å²) in [5.74, 6) is -0.173. The zero-order valence-corrected chi connectivity index (χ0v) is 17.0. The minimum absolute atomic E-state index is 0.173. The Balaban J connectivity index is 1.48. The SMILES string of the molecule is Nc1c(C(=O)Nc2ccc3ccccc3c2)sc2nc3c(cc12)CCCCCC3. The molecule has 5 heteroatoms. The summed E-state index contributed by atoms with van der Waals surface area (Å²) in [6, 6.07) is 16.2. The third-order valence-electron chi connectivity index (χ3n) is 5.71. The average molecular weight is 402 g/mol. The molecule has 0 saturated carbocycles. The molecule has 2 heterocycles. The van der Waals surface area contributed by atoms with E-state index in [1.807, 2.05) is 36.4 Å². The van der Waals surface area contributed by atoms with Crippen LogP contribution in [0.3, 0.4) is 0 Å². The highest BCUT2D eigenvalue weighted by Crippen LogP contribution is 2.35. The highest BCUT2D eigenvalue weighted by molar-refractivity contribution is 7.21. The van der Waals surface area contributed by atoms with Gasteiger partial charge in [-0.15, -0.1) is 11.3 Å². The molecule has 0 unspecified atom stereocenters. The average Bonchev–Trinajstić information content (AvgIpc) is 3.03. The first kappa shape index (κ1) is 18.1. The molecule has 146 valence electrons. The zero-order valence-electron chi connectivity index (χ0n) is 16.2. The largest absolute Gasteiger partial charge is 0.397 e. The maximum absolute atomic E-state index is 13.0. The summed E-state index contributed by atoms with van der Waals surface area (Å²) in [6.07, 6.45) is 6.98. The van der Waals surface area contributed by atoms with E-state index in [-0.39, 0.29) is 5.91 Å². The summed E-state index contributed by atoms with van der Waals surface area (Å²) in [5, 5.41) is 6.16. The molecule has 29 heavy (non-hydrogen) atoms. The second kappa shape index (κ2) is 7.48. The number of nitrogen functional groups attached to an aromatic ring is 1. The van der Waals surface area contributed by atoms with E-state index in [4.69, 9.17) is 10.7 Å². The standard InChI is InChI=1S/C24H23N3OS/c25-21-19-14-17-9-3-1-2-4-10-20(17)27-24(19)29-22(21)23(28)26-18-12-11-15-7-5-6-8-16(15)13-18/h5-8,11-14H,1-4,9-10,25H2,(H,26,28). The minimum atomic E-state index is -0.173. The van der Waals surface area contributed by atoms with Gasteiger partial charge in [-0.2, -0.15) is 0 Å². The fourth-order valence-electron chi connectivity index (χ4n) is 4.14. The Morgan fingerprint density at radius 2 is 1.76 bits per heavy atom. The van der Waals surface area contributed by atoms with E-state index < -0.39 is 0 Å². The number of thiophene rings is 1. The molecule has 2 aromatic carbocycles. The number of pyridine rings is 1. The number of rotatable bonds is 2. The van der Waals surface area contributed by atoms with Crippen LogP contribution in [-0.2, 0) is 12.8 Å². The van der Waals surface area contributed by atoms with Gasteiger partial charge in [-0.05, 0) is 60.2 Å². The number of aryl methyl sites for hydroxylation is 2. The Morgan fingerprint density at radius 3 is 2.62 bits per heavy atom. The summed E-state index contributed by atoms with van der Waals surface area (Å²) < 4.78 is 0. The number of nitrogens with one attached hydrogen (secondary N) is 1. The zero-order chi connectivity index (χ0) is 19.8. The smallest absolute Gasteiger partial charge is 0.267 e. The van der Waals surface area contributed by atoms with Crippen molar-refractivity contribution in [3.05, 3.63) is 64.7 Å². The summed E-state index contributed by atoms with van der Waals surface area (Å²) in [4.78, 5) is 19.3. The lowest BCUT2D eigenvalue weighted by atomic mass is 9.96. The Bertz CT molecular complexity index is 1230. The number of nitrogens with zero attached hydrogens (tertiary/aromatic N) is 1.